The molecule has 2 rings (SSSR count). The lowest BCUT2D eigenvalue weighted by atomic mass is 9.85. The van der Waals surface area contributed by atoms with Gasteiger partial charge in [-0.3, -0.25) is 0 Å². The Balaban J connectivity index is 2.08. The molecule has 0 aromatic carbocycles. The second kappa shape index (κ2) is 5.10. The molecule has 1 fully saturated rings. The first kappa shape index (κ1) is 12.4. The van der Waals surface area contributed by atoms with Crippen molar-refractivity contribution in [2.24, 2.45) is 11.7 Å². The van der Waals surface area contributed by atoms with Crippen LogP contribution in [-0.4, -0.2) is 21.7 Å². The minimum absolute atomic E-state index is 0.0442. The maximum absolute atomic E-state index is 13.2. The minimum atomic E-state index is -0.726. The Morgan fingerprint density at radius 1 is 1.38 bits per heavy atom. The number of allylic oxidation sites excluding steroid dienone is 3. The van der Waals surface area contributed by atoms with Crippen molar-refractivity contribution >= 4 is 22.9 Å². The third-order valence-corrected chi connectivity index (χ3v) is 4.47. The van der Waals surface area contributed by atoms with E-state index in [9.17, 15) is 8.78 Å². The molecule has 0 spiro atoms. The van der Waals surface area contributed by atoms with Crippen molar-refractivity contribution in [3.63, 3.8) is 0 Å². The fourth-order valence-electron chi connectivity index (χ4n) is 2.32. The molecule has 5 heteroatoms. The lowest BCUT2D eigenvalue weighted by molar-refractivity contribution is 0.221. The Morgan fingerprint density at radius 2 is 2.12 bits per heavy atom. The summed E-state index contributed by atoms with van der Waals surface area (Å²) in [6.07, 6.45) is 5.14. The predicted octanol–water partition coefficient (Wildman–Crippen LogP) is 2.85. The Kier molecular flexibility index (Phi) is 3.97. The Labute approximate surface area is 108 Å². The quantitative estimate of drug-likeness (QED) is 0.588. The molecule has 0 radical (unpaired) electrons. The van der Waals surface area contributed by atoms with E-state index in [2.05, 4.69) is 26.0 Å². The average Bonchev–Trinajstić information content (AvgIpc) is 2.26. The topological polar surface area (TPSA) is 29.3 Å². The summed E-state index contributed by atoms with van der Waals surface area (Å²) in [6.45, 7) is 0.921. The highest BCUT2D eigenvalue weighted by Crippen LogP contribution is 2.34. The molecule has 2 nitrogen and oxygen atoms in total. The van der Waals surface area contributed by atoms with Crippen LogP contribution in [0, 0.1) is 5.92 Å². The highest BCUT2D eigenvalue weighted by Gasteiger charge is 2.32. The van der Waals surface area contributed by atoms with Gasteiger partial charge in [-0.15, -0.1) is 0 Å². The Hall–Kier alpha value is -0.0100. The molecule has 1 aliphatic heterocycles. The average molecular weight is 340 g/mol. The largest absolute Gasteiger partial charge is 0.328 e. The van der Waals surface area contributed by atoms with E-state index in [-0.39, 0.29) is 18.0 Å². The lowest BCUT2D eigenvalue weighted by Crippen LogP contribution is -2.45. The molecule has 1 aliphatic carbocycles. The highest BCUT2D eigenvalue weighted by molar-refractivity contribution is 14.1. The van der Waals surface area contributed by atoms with Gasteiger partial charge in [0.1, 0.15) is 0 Å². The molecular weight excluding hydrogens is 325 g/mol. The molecule has 0 aromatic rings. The van der Waals surface area contributed by atoms with E-state index in [1.165, 1.54) is 12.2 Å². The van der Waals surface area contributed by atoms with Gasteiger partial charge >= 0.3 is 0 Å². The van der Waals surface area contributed by atoms with E-state index in [1.54, 1.807) is 0 Å². The smallest absolute Gasteiger partial charge is 0.154 e. The molecule has 1 heterocycles. The van der Waals surface area contributed by atoms with Crippen molar-refractivity contribution in [1.82, 2.24) is 3.11 Å². The zero-order valence-electron chi connectivity index (χ0n) is 8.87. The second-order valence-electron chi connectivity index (χ2n) is 4.44. The first-order chi connectivity index (χ1) is 7.58. The Morgan fingerprint density at radius 3 is 2.81 bits per heavy atom. The molecule has 16 heavy (non-hydrogen) atoms. The van der Waals surface area contributed by atoms with Gasteiger partial charge in [-0.25, -0.2) is 11.9 Å². The number of nitrogens with zero attached hydrogens (tertiary/aromatic N) is 1. The summed E-state index contributed by atoms with van der Waals surface area (Å²) in [5.41, 5.74) is 5.92. The van der Waals surface area contributed by atoms with Crippen LogP contribution < -0.4 is 5.73 Å². The van der Waals surface area contributed by atoms with E-state index >= 15 is 0 Å². The van der Waals surface area contributed by atoms with Gasteiger partial charge in [0.2, 0.25) is 0 Å². The van der Waals surface area contributed by atoms with Crippen molar-refractivity contribution in [1.29, 1.82) is 0 Å². The van der Waals surface area contributed by atoms with Crippen LogP contribution in [0.2, 0.25) is 0 Å². The molecule has 1 unspecified atom stereocenters. The van der Waals surface area contributed by atoms with Crippen molar-refractivity contribution in [2.75, 3.05) is 6.54 Å². The number of hydrogen-bond acceptors (Lipinski definition) is 2. The van der Waals surface area contributed by atoms with Crippen molar-refractivity contribution < 1.29 is 8.78 Å². The monoisotopic (exact) mass is 340 g/mol. The van der Waals surface area contributed by atoms with Gasteiger partial charge in [0, 0.05) is 47.4 Å². The van der Waals surface area contributed by atoms with Crippen LogP contribution in [0.5, 0.6) is 0 Å². The number of hydrogen-bond donors (Lipinski definition) is 1. The maximum Gasteiger partial charge on any atom is 0.154 e. The van der Waals surface area contributed by atoms with Gasteiger partial charge < -0.3 is 5.73 Å². The zero-order valence-corrected chi connectivity index (χ0v) is 11.0. The molecule has 2 aliphatic rings. The van der Waals surface area contributed by atoms with Crippen LogP contribution in [0.3, 0.4) is 0 Å². The number of piperidine rings is 1. The third-order valence-electron chi connectivity index (χ3n) is 3.27. The minimum Gasteiger partial charge on any atom is -0.328 e. The first-order valence-electron chi connectivity index (χ1n) is 5.49. The molecule has 0 aromatic heterocycles. The van der Waals surface area contributed by atoms with Crippen molar-refractivity contribution in [2.45, 2.75) is 31.3 Å². The Bertz CT molecular complexity index is 330. The van der Waals surface area contributed by atoms with Gasteiger partial charge in [0.25, 0.3) is 0 Å². The summed E-state index contributed by atoms with van der Waals surface area (Å²) in [6, 6.07) is 0.405. The van der Waals surface area contributed by atoms with Gasteiger partial charge in [0.15, 0.2) is 11.7 Å². The molecule has 0 amide bonds. The molecular formula is C11H15F2IN2. The third kappa shape index (κ3) is 2.62. The summed E-state index contributed by atoms with van der Waals surface area (Å²) >= 11 is 2.26. The SMILES string of the molecule is N[C@@H]1CCN(I)[C@H](C2C=C(F)C(F)=CC2)C1. The van der Waals surface area contributed by atoms with E-state index in [0.29, 0.717) is 6.42 Å². The summed E-state index contributed by atoms with van der Waals surface area (Å²) in [4.78, 5) is 0. The highest BCUT2D eigenvalue weighted by atomic mass is 127. The number of nitrogens with two attached hydrogens (primary N) is 1. The molecule has 0 bridgehead atoms. The van der Waals surface area contributed by atoms with Crippen molar-refractivity contribution in [3.8, 4) is 0 Å². The van der Waals surface area contributed by atoms with Gasteiger partial charge in [-0.2, -0.15) is 0 Å². The number of rotatable bonds is 1. The van der Waals surface area contributed by atoms with Crippen LogP contribution in [0.1, 0.15) is 19.3 Å². The standard InChI is InChI=1S/C11H15F2IN2/c12-9-2-1-7(5-10(9)13)11-6-8(15)3-4-16(11)14/h2,5,7-8,11H,1,3-4,6,15H2/t7?,8-,11+/m1/s1. The maximum atomic E-state index is 13.2. The fourth-order valence-corrected chi connectivity index (χ4v) is 3.24. The van der Waals surface area contributed by atoms with Crippen LogP contribution in [0.25, 0.3) is 0 Å². The van der Waals surface area contributed by atoms with Crippen LogP contribution in [-0.2, 0) is 0 Å². The molecule has 0 saturated carbocycles. The van der Waals surface area contributed by atoms with E-state index in [1.807, 2.05) is 0 Å². The zero-order chi connectivity index (χ0) is 11.7. The second-order valence-corrected chi connectivity index (χ2v) is 5.68. The summed E-state index contributed by atoms with van der Waals surface area (Å²) < 4.78 is 28.2. The van der Waals surface area contributed by atoms with E-state index in [4.69, 9.17) is 5.73 Å². The lowest BCUT2D eigenvalue weighted by Gasteiger charge is -2.38. The summed E-state index contributed by atoms with van der Waals surface area (Å²) in [5.74, 6) is -1.40. The van der Waals surface area contributed by atoms with E-state index < -0.39 is 11.7 Å². The molecule has 90 valence electrons. The van der Waals surface area contributed by atoms with Crippen LogP contribution in [0.4, 0.5) is 8.78 Å². The van der Waals surface area contributed by atoms with Crippen LogP contribution in [0.15, 0.2) is 23.8 Å². The van der Waals surface area contributed by atoms with Crippen molar-refractivity contribution in [3.05, 3.63) is 23.8 Å². The number of halogens is 3. The molecule has 2 N–H and O–H groups in total. The first-order valence-corrected chi connectivity index (χ1v) is 6.45. The molecule has 3 atom stereocenters. The fraction of sp³-hybridized carbons (Fsp3) is 0.636. The van der Waals surface area contributed by atoms with Gasteiger partial charge in [-0.1, -0.05) is 0 Å². The van der Waals surface area contributed by atoms with Gasteiger partial charge in [0.05, 0.1) is 0 Å². The summed E-state index contributed by atoms with van der Waals surface area (Å²) in [7, 11) is 0. The van der Waals surface area contributed by atoms with E-state index in [0.717, 1.165) is 19.4 Å². The van der Waals surface area contributed by atoms with Crippen LogP contribution >= 0.6 is 22.9 Å². The molecule has 1 saturated heterocycles. The predicted molar refractivity (Wildman–Crippen MR) is 68.2 cm³/mol. The normalized spacial score (nSPS) is 36.9. The summed E-state index contributed by atoms with van der Waals surface area (Å²) in [5, 5.41) is 0. The van der Waals surface area contributed by atoms with Gasteiger partial charge in [-0.05, 0) is 31.4 Å².